The van der Waals surface area contributed by atoms with Crippen LogP contribution in [0.4, 0.5) is 5.69 Å². The highest BCUT2D eigenvalue weighted by molar-refractivity contribution is 5.48. The number of aromatic nitrogens is 2. The Kier molecular flexibility index (Phi) is 3.18. The van der Waals surface area contributed by atoms with Gasteiger partial charge in [0.15, 0.2) is 0 Å². The molecule has 0 aliphatic rings. The van der Waals surface area contributed by atoms with Crippen molar-refractivity contribution in [1.82, 2.24) is 9.78 Å². The van der Waals surface area contributed by atoms with E-state index in [2.05, 4.69) is 5.10 Å². The van der Waals surface area contributed by atoms with Crippen molar-refractivity contribution in [2.24, 2.45) is 7.05 Å². The van der Waals surface area contributed by atoms with Crippen molar-refractivity contribution in [3.63, 3.8) is 0 Å². The van der Waals surface area contributed by atoms with Gasteiger partial charge >= 0.3 is 0 Å². The maximum Gasteiger partial charge on any atom is 0.261 e. The van der Waals surface area contributed by atoms with E-state index in [0.29, 0.717) is 23.9 Å². The smallest absolute Gasteiger partial charge is 0.261 e. The number of rotatable bonds is 4. The van der Waals surface area contributed by atoms with E-state index < -0.39 is 0 Å². The molecule has 0 saturated heterocycles. The first-order valence-corrected chi connectivity index (χ1v) is 5.39. The van der Waals surface area contributed by atoms with E-state index in [1.54, 1.807) is 17.9 Å². The monoisotopic (exact) mass is 233 g/mol. The molecule has 2 rings (SSSR count). The largest absolute Gasteiger partial charge is 0.494 e. The minimum absolute atomic E-state index is 0.414. The van der Waals surface area contributed by atoms with Gasteiger partial charge in [0.2, 0.25) is 0 Å². The number of nitrogens with zero attached hydrogens (tertiary/aromatic N) is 2. The van der Waals surface area contributed by atoms with Gasteiger partial charge in [-0.05, 0) is 31.2 Å². The average Bonchev–Trinajstić information content (AvgIpc) is 2.61. The lowest BCUT2D eigenvalue weighted by Gasteiger charge is -2.05. The highest BCUT2D eigenvalue weighted by atomic mass is 16.5. The van der Waals surface area contributed by atoms with Crippen molar-refractivity contribution in [2.45, 2.75) is 6.92 Å². The van der Waals surface area contributed by atoms with E-state index >= 15 is 0 Å². The molecule has 0 atom stereocenters. The van der Waals surface area contributed by atoms with E-state index in [1.165, 1.54) is 0 Å². The fraction of sp³-hybridized carbons (Fsp3) is 0.250. The molecule has 0 fully saturated rings. The second kappa shape index (κ2) is 4.78. The third-order valence-electron chi connectivity index (χ3n) is 2.17. The molecular weight excluding hydrogens is 218 g/mol. The van der Waals surface area contributed by atoms with Crippen LogP contribution in [-0.2, 0) is 7.05 Å². The zero-order valence-corrected chi connectivity index (χ0v) is 9.88. The maximum atomic E-state index is 5.73. The summed E-state index contributed by atoms with van der Waals surface area (Å²) in [6.45, 7) is 2.59. The molecule has 2 aromatic rings. The summed E-state index contributed by atoms with van der Waals surface area (Å²) in [5, 5.41) is 4.10. The summed E-state index contributed by atoms with van der Waals surface area (Å²) in [6.07, 6.45) is 1.70. The number of aryl methyl sites for hydroxylation is 1. The van der Waals surface area contributed by atoms with Gasteiger partial charge in [-0.3, -0.25) is 4.68 Å². The summed E-state index contributed by atoms with van der Waals surface area (Å²) >= 11 is 0. The normalized spacial score (nSPS) is 10.2. The molecule has 0 radical (unpaired) electrons. The Bertz CT molecular complexity index is 491. The third kappa shape index (κ3) is 2.69. The minimum Gasteiger partial charge on any atom is -0.494 e. The highest BCUT2D eigenvalue weighted by Crippen LogP contribution is 2.26. The van der Waals surface area contributed by atoms with Crippen LogP contribution < -0.4 is 15.2 Å². The van der Waals surface area contributed by atoms with E-state index in [4.69, 9.17) is 15.2 Å². The second-order valence-electron chi connectivity index (χ2n) is 3.57. The Balaban J connectivity index is 2.11. The first kappa shape index (κ1) is 11.3. The van der Waals surface area contributed by atoms with Crippen LogP contribution in [0, 0.1) is 0 Å². The second-order valence-corrected chi connectivity index (χ2v) is 3.57. The summed E-state index contributed by atoms with van der Waals surface area (Å²) in [6, 6.07) is 7.33. The number of nitrogen functional groups attached to an aromatic ring is 1. The van der Waals surface area contributed by atoms with Gasteiger partial charge in [0, 0.05) is 7.05 Å². The number of nitrogens with two attached hydrogens (primary N) is 1. The first-order valence-electron chi connectivity index (χ1n) is 5.39. The molecule has 0 unspecified atom stereocenters. The minimum atomic E-state index is 0.414. The maximum absolute atomic E-state index is 5.73. The predicted octanol–water partition coefficient (Wildman–Crippen LogP) is 2.19. The van der Waals surface area contributed by atoms with Crippen LogP contribution in [0.1, 0.15) is 6.92 Å². The molecule has 5 nitrogen and oxygen atoms in total. The van der Waals surface area contributed by atoms with E-state index in [0.717, 1.165) is 5.75 Å². The molecule has 0 aliphatic heterocycles. The SMILES string of the molecule is CCOc1ccc(Oc2nn(C)cc2N)cc1. The highest BCUT2D eigenvalue weighted by Gasteiger charge is 2.06. The standard InChI is InChI=1S/C12H15N3O2/c1-3-16-9-4-6-10(7-5-9)17-12-11(13)8-15(2)14-12/h4-8H,3,13H2,1-2H3. The van der Waals surface area contributed by atoms with Gasteiger partial charge in [0.1, 0.15) is 17.2 Å². The average molecular weight is 233 g/mol. The zero-order valence-electron chi connectivity index (χ0n) is 9.88. The van der Waals surface area contributed by atoms with E-state index in [9.17, 15) is 0 Å². The fourth-order valence-electron chi connectivity index (χ4n) is 1.45. The molecule has 0 aliphatic carbocycles. The van der Waals surface area contributed by atoms with Gasteiger partial charge in [-0.25, -0.2) is 0 Å². The molecule has 0 spiro atoms. The fourth-order valence-corrected chi connectivity index (χ4v) is 1.45. The Morgan fingerprint density at radius 2 is 1.88 bits per heavy atom. The van der Waals surface area contributed by atoms with Gasteiger partial charge in [0.25, 0.3) is 5.88 Å². The van der Waals surface area contributed by atoms with Crippen LogP contribution in [0.15, 0.2) is 30.5 Å². The summed E-state index contributed by atoms with van der Waals surface area (Å²) in [4.78, 5) is 0. The molecule has 2 N–H and O–H groups in total. The molecule has 0 amide bonds. The van der Waals surface area contributed by atoms with Crippen molar-refractivity contribution in [3.05, 3.63) is 30.5 Å². The van der Waals surface area contributed by atoms with Crippen LogP contribution in [0.5, 0.6) is 17.4 Å². The molecule has 90 valence electrons. The Hall–Kier alpha value is -2.17. The van der Waals surface area contributed by atoms with Gasteiger partial charge in [-0.2, -0.15) is 0 Å². The summed E-state index contributed by atoms with van der Waals surface area (Å²) in [7, 11) is 1.79. The molecule has 0 bridgehead atoms. The Morgan fingerprint density at radius 1 is 1.24 bits per heavy atom. The van der Waals surface area contributed by atoms with Crippen LogP contribution in [-0.4, -0.2) is 16.4 Å². The van der Waals surface area contributed by atoms with E-state index in [-0.39, 0.29) is 0 Å². The molecule has 17 heavy (non-hydrogen) atoms. The number of hydrogen-bond donors (Lipinski definition) is 1. The van der Waals surface area contributed by atoms with Gasteiger partial charge in [-0.15, -0.1) is 5.10 Å². The Morgan fingerprint density at radius 3 is 2.41 bits per heavy atom. The van der Waals surface area contributed by atoms with Crippen molar-refractivity contribution in [1.29, 1.82) is 0 Å². The summed E-state index contributed by atoms with van der Waals surface area (Å²) in [5.74, 6) is 1.91. The molecule has 1 aromatic carbocycles. The van der Waals surface area contributed by atoms with Crippen molar-refractivity contribution in [3.8, 4) is 17.4 Å². The van der Waals surface area contributed by atoms with Gasteiger partial charge in [0.05, 0.1) is 12.8 Å². The predicted molar refractivity (Wildman–Crippen MR) is 65.3 cm³/mol. The lowest BCUT2D eigenvalue weighted by molar-refractivity contribution is 0.339. The van der Waals surface area contributed by atoms with Crippen LogP contribution in [0.25, 0.3) is 0 Å². The quantitative estimate of drug-likeness (QED) is 0.879. The molecule has 1 aromatic heterocycles. The topological polar surface area (TPSA) is 62.3 Å². The van der Waals surface area contributed by atoms with E-state index in [1.807, 2.05) is 31.2 Å². The third-order valence-corrected chi connectivity index (χ3v) is 2.17. The Labute approximate surface area is 99.8 Å². The van der Waals surface area contributed by atoms with Crippen molar-refractivity contribution < 1.29 is 9.47 Å². The number of ether oxygens (including phenoxy) is 2. The zero-order chi connectivity index (χ0) is 12.3. The van der Waals surface area contributed by atoms with Gasteiger partial charge in [-0.1, -0.05) is 0 Å². The van der Waals surface area contributed by atoms with Gasteiger partial charge < -0.3 is 15.2 Å². The number of anilines is 1. The lowest BCUT2D eigenvalue weighted by Crippen LogP contribution is -1.93. The summed E-state index contributed by atoms with van der Waals surface area (Å²) in [5.41, 5.74) is 6.25. The van der Waals surface area contributed by atoms with Crippen LogP contribution in [0.2, 0.25) is 0 Å². The first-order chi connectivity index (χ1) is 8.19. The molecule has 1 heterocycles. The number of benzene rings is 1. The lowest BCUT2D eigenvalue weighted by atomic mass is 10.3. The van der Waals surface area contributed by atoms with Crippen LogP contribution in [0.3, 0.4) is 0 Å². The van der Waals surface area contributed by atoms with Crippen molar-refractivity contribution in [2.75, 3.05) is 12.3 Å². The molecule has 5 heteroatoms. The molecular formula is C12H15N3O2. The number of hydrogen-bond acceptors (Lipinski definition) is 4. The van der Waals surface area contributed by atoms with Crippen LogP contribution >= 0.6 is 0 Å². The van der Waals surface area contributed by atoms with Crippen molar-refractivity contribution >= 4 is 5.69 Å². The molecule has 0 saturated carbocycles. The summed E-state index contributed by atoms with van der Waals surface area (Å²) < 4.78 is 12.5.